The van der Waals surface area contributed by atoms with Gasteiger partial charge in [-0.15, -0.1) is 0 Å². The molecule has 0 heterocycles. The first-order valence-corrected chi connectivity index (χ1v) is 3.63. The molecule has 0 aliphatic carbocycles. The van der Waals surface area contributed by atoms with Crippen LogP contribution in [0.15, 0.2) is 0 Å². The maximum absolute atomic E-state index is 10.2. The summed E-state index contributed by atoms with van der Waals surface area (Å²) < 4.78 is 0. The molecule has 0 fully saturated rings. The van der Waals surface area contributed by atoms with Crippen molar-refractivity contribution in [3.05, 3.63) is 0 Å². The first-order valence-electron chi connectivity index (χ1n) is 3.63. The zero-order chi connectivity index (χ0) is 10.4. The first-order chi connectivity index (χ1) is 5.15. The van der Waals surface area contributed by atoms with Gasteiger partial charge in [0.1, 0.15) is 0 Å². The van der Waals surface area contributed by atoms with E-state index in [1.54, 1.807) is 0 Å². The number of amides is 1. The van der Waals surface area contributed by atoms with E-state index in [-0.39, 0.29) is 11.3 Å². The van der Waals surface area contributed by atoms with Gasteiger partial charge in [0, 0.05) is 13.3 Å². The predicted octanol–water partition coefficient (Wildman–Crippen LogP) is 0.999. The van der Waals surface area contributed by atoms with Gasteiger partial charge in [0.2, 0.25) is 5.91 Å². The van der Waals surface area contributed by atoms with Crippen molar-refractivity contribution < 1.29 is 14.7 Å². The van der Waals surface area contributed by atoms with Crippen LogP contribution in [0.4, 0.5) is 0 Å². The number of hydrogen-bond donors (Lipinski definition) is 2. The fourth-order valence-corrected chi connectivity index (χ4v) is 0.523. The highest BCUT2D eigenvalue weighted by Gasteiger charge is 2.12. The third-order valence-electron chi connectivity index (χ3n) is 0.705. The van der Waals surface area contributed by atoms with E-state index in [0.717, 1.165) is 6.92 Å². The summed E-state index contributed by atoms with van der Waals surface area (Å²) in [5.41, 5.74) is 4.99. The van der Waals surface area contributed by atoms with Crippen molar-refractivity contribution >= 4 is 11.9 Å². The lowest BCUT2D eigenvalue weighted by molar-refractivity contribution is -0.134. The summed E-state index contributed by atoms with van der Waals surface area (Å²) in [5.74, 6) is -1.06. The van der Waals surface area contributed by atoms with Crippen molar-refractivity contribution in [2.75, 3.05) is 0 Å². The van der Waals surface area contributed by atoms with E-state index in [9.17, 15) is 4.79 Å². The Labute approximate surface area is 72.8 Å². The number of rotatable bonds is 1. The van der Waals surface area contributed by atoms with Gasteiger partial charge in [0.05, 0.1) is 0 Å². The second-order valence-electron chi connectivity index (χ2n) is 3.72. The Morgan fingerprint density at radius 2 is 1.58 bits per heavy atom. The van der Waals surface area contributed by atoms with Crippen LogP contribution in [0.1, 0.15) is 34.1 Å². The smallest absolute Gasteiger partial charge is 0.300 e. The summed E-state index contributed by atoms with van der Waals surface area (Å²) in [4.78, 5) is 19.2. The molecule has 4 nitrogen and oxygen atoms in total. The summed E-state index contributed by atoms with van der Waals surface area (Å²) >= 11 is 0. The highest BCUT2D eigenvalue weighted by Crippen LogP contribution is 2.16. The molecule has 0 unspecified atom stereocenters. The Kier molecular flexibility index (Phi) is 6.28. The monoisotopic (exact) mass is 175 g/mol. The minimum Gasteiger partial charge on any atom is -0.481 e. The van der Waals surface area contributed by atoms with Crippen LogP contribution in [-0.4, -0.2) is 17.0 Å². The number of aliphatic carboxylic acids is 1. The molecule has 1 amide bonds. The topological polar surface area (TPSA) is 80.4 Å². The highest BCUT2D eigenvalue weighted by atomic mass is 16.4. The molecule has 12 heavy (non-hydrogen) atoms. The maximum atomic E-state index is 10.2. The van der Waals surface area contributed by atoms with Crippen LogP contribution in [0.25, 0.3) is 0 Å². The number of carboxylic acid groups (broad SMARTS) is 1. The van der Waals surface area contributed by atoms with Gasteiger partial charge in [-0.05, 0) is 5.41 Å². The van der Waals surface area contributed by atoms with E-state index in [2.05, 4.69) is 0 Å². The lowest BCUT2D eigenvalue weighted by Gasteiger charge is -2.13. The van der Waals surface area contributed by atoms with Crippen LogP contribution >= 0.6 is 0 Å². The Bertz CT molecular complexity index is 154. The average molecular weight is 175 g/mol. The minimum atomic E-state index is -0.833. The van der Waals surface area contributed by atoms with Crippen molar-refractivity contribution in [1.29, 1.82) is 0 Å². The van der Waals surface area contributed by atoms with E-state index in [0.29, 0.717) is 6.42 Å². The number of carboxylic acids is 1. The molecule has 0 spiro atoms. The lowest BCUT2D eigenvalue weighted by atomic mass is 9.92. The third kappa shape index (κ3) is 36.3. The number of primary amides is 1. The predicted molar refractivity (Wildman–Crippen MR) is 46.6 cm³/mol. The van der Waals surface area contributed by atoms with Crippen LogP contribution in [0.3, 0.4) is 0 Å². The molecule has 0 atom stereocenters. The first kappa shape index (κ1) is 13.5. The maximum Gasteiger partial charge on any atom is 0.300 e. The Balaban J connectivity index is 0. The van der Waals surface area contributed by atoms with Crippen LogP contribution in [0.2, 0.25) is 0 Å². The van der Waals surface area contributed by atoms with E-state index in [4.69, 9.17) is 15.6 Å². The van der Waals surface area contributed by atoms with Gasteiger partial charge >= 0.3 is 0 Å². The van der Waals surface area contributed by atoms with E-state index >= 15 is 0 Å². The third-order valence-corrected chi connectivity index (χ3v) is 0.705. The molecule has 0 aromatic rings. The summed E-state index contributed by atoms with van der Waals surface area (Å²) in [7, 11) is 0. The van der Waals surface area contributed by atoms with E-state index in [1.807, 2.05) is 20.8 Å². The summed E-state index contributed by atoms with van der Waals surface area (Å²) in [5, 5.41) is 7.42. The highest BCUT2D eigenvalue weighted by molar-refractivity contribution is 5.74. The van der Waals surface area contributed by atoms with Gasteiger partial charge in [-0.25, -0.2) is 0 Å². The quantitative estimate of drug-likeness (QED) is 0.623. The summed E-state index contributed by atoms with van der Waals surface area (Å²) in [6.07, 6.45) is 0.465. The molecule has 0 saturated heterocycles. The number of nitrogens with two attached hydrogens (primary N) is 1. The number of carbonyl (C=O) groups is 2. The van der Waals surface area contributed by atoms with Crippen molar-refractivity contribution in [1.82, 2.24) is 0 Å². The molecule has 0 aliphatic rings. The van der Waals surface area contributed by atoms with Crippen LogP contribution in [0, 0.1) is 5.41 Å². The van der Waals surface area contributed by atoms with Crippen LogP contribution in [-0.2, 0) is 9.59 Å². The Morgan fingerprint density at radius 1 is 1.33 bits per heavy atom. The molecular formula is C8H17NO3. The molecule has 0 aliphatic heterocycles. The second-order valence-corrected chi connectivity index (χ2v) is 3.72. The largest absolute Gasteiger partial charge is 0.481 e. The molecule has 0 aromatic heterocycles. The van der Waals surface area contributed by atoms with E-state index < -0.39 is 5.97 Å². The van der Waals surface area contributed by atoms with Gasteiger partial charge in [-0.1, -0.05) is 20.8 Å². The second kappa shape index (κ2) is 5.57. The SMILES string of the molecule is CC(=O)O.CC(C)(C)CC(N)=O. The zero-order valence-corrected chi connectivity index (χ0v) is 8.05. The standard InChI is InChI=1S/C6H13NO.C2H4O2/c1-6(2,3)4-5(7)8;1-2(3)4/h4H2,1-3H3,(H2,7,8);1H3,(H,3,4). The van der Waals surface area contributed by atoms with Crippen molar-refractivity contribution in [3.8, 4) is 0 Å². The molecule has 0 radical (unpaired) electrons. The molecule has 0 saturated carbocycles. The fourth-order valence-electron chi connectivity index (χ4n) is 0.523. The average Bonchev–Trinajstić information content (AvgIpc) is 1.52. The Morgan fingerprint density at radius 3 is 1.58 bits per heavy atom. The van der Waals surface area contributed by atoms with Crippen LogP contribution < -0.4 is 5.73 Å². The Hall–Kier alpha value is -1.06. The lowest BCUT2D eigenvalue weighted by Crippen LogP contribution is -2.19. The van der Waals surface area contributed by atoms with Crippen molar-refractivity contribution in [2.45, 2.75) is 34.1 Å². The number of carbonyl (C=O) groups excluding carboxylic acids is 1. The van der Waals surface area contributed by atoms with E-state index in [1.165, 1.54) is 0 Å². The molecule has 3 N–H and O–H groups in total. The molecule has 4 heteroatoms. The molecular weight excluding hydrogens is 158 g/mol. The summed E-state index contributed by atoms with van der Waals surface area (Å²) in [6.45, 7) is 7.04. The minimum absolute atomic E-state index is 0.0475. The van der Waals surface area contributed by atoms with Crippen molar-refractivity contribution in [3.63, 3.8) is 0 Å². The van der Waals surface area contributed by atoms with Gasteiger partial charge in [0.15, 0.2) is 0 Å². The van der Waals surface area contributed by atoms with Gasteiger partial charge in [-0.3, -0.25) is 9.59 Å². The molecule has 0 rings (SSSR count). The fraction of sp³-hybridized carbons (Fsp3) is 0.750. The van der Waals surface area contributed by atoms with Gasteiger partial charge in [0.25, 0.3) is 5.97 Å². The summed E-state index contributed by atoms with van der Waals surface area (Å²) in [6, 6.07) is 0. The van der Waals surface area contributed by atoms with Gasteiger partial charge in [-0.2, -0.15) is 0 Å². The molecule has 0 aromatic carbocycles. The number of hydrogen-bond acceptors (Lipinski definition) is 2. The van der Waals surface area contributed by atoms with Crippen molar-refractivity contribution in [2.24, 2.45) is 11.1 Å². The van der Waals surface area contributed by atoms with Gasteiger partial charge < -0.3 is 10.8 Å². The molecule has 72 valence electrons. The van der Waals surface area contributed by atoms with Crippen LogP contribution in [0.5, 0.6) is 0 Å². The zero-order valence-electron chi connectivity index (χ0n) is 8.05. The molecule has 0 bridgehead atoms. The normalized spacial score (nSPS) is 9.67.